The second kappa shape index (κ2) is 7.67. The molecule has 6 nitrogen and oxygen atoms in total. The van der Waals surface area contributed by atoms with Crippen LogP contribution in [0.4, 0.5) is 10.1 Å². The van der Waals surface area contributed by atoms with Gasteiger partial charge in [-0.1, -0.05) is 13.8 Å². The largest absolute Gasteiger partial charge is 0.368 e. The molecule has 28 heavy (non-hydrogen) atoms. The highest BCUT2D eigenvalue weighted by atomic mass is 19.1. The molecule has 1 aliphatic rings. The zero-order chi connectivity index (χ0) is 19.7. The maximum absolute atomic E-state index is 14.5. The van der Waals surface area contributed by atoms with Crippen LogP contribution in [0.2, 0.25) is 0 Å². The maximum Gasteiger partial charge on any atom is 0.253 e. The highest BCUT2D eigenvalue weighted by Gasteiger charge is 2.22. The third-order valence-electron chi connectivity index (χ3n) is 4.98. The van der Waals surface area contributed by atoms with E-state index in [0.29, 0.717) is 30.3 Å². The summed E-state index contributed by atoms with van der Waals surface area (Å²) in [4.78, 5) is 16.7. The Morgan fingerprint density at radius 3 is 2.93 bits per heavy atom. The number of aromatic nitrogens is 3. The second-order valence-electron chi connectivity index (χ2n) is 7.42. The van der Waals surface area contributed by atoms with Gasteiger partial charge in [0.05, 0.1) is 0 Å². The standard InChI is InChI=1S/C21H23FN4O2/c1-13(2)14-9-15-12-26(25-20(15)23-11-14)18-10-16(6-7-17(18)22)24-21(27)19-5-3-4-8-28-19/h6-7,9-13,19H,3-5,8H2,1-2H3,(H,24,27). The Morgan fingerprint density at radius 1 is 1.32 bits per heavy atom. The van der Waals surface area contributed by atoms with E-state index < -0.39 is 11.9 Å². The molecule has 1 atom stereocenters. The summed E-state index contributed by atoms with van der Waals surface area (Å²) in [6, 6.07) is 6.45. The van der Waals surface area contributed by atoms with Gasteiger partial charge in [-0.25, -0.2) is 14.1 Å². The molecule has 0 bridgehead atoms. The van der Waals surface area contributed by atoms with E-state index >= 15 is 0 Å². The summed E-state index contributed by atoms with van der Waals surface area (Å²) in [5.41, 5.74) is 2.41. The zero-order valence-corrected chi connectivity index (χ0v) is 16.0. The molecular weight excluding hydrogens is 359 g/mol. The summed E-state index contributed by atoms with van der Waals surface area (Å²) in [7, 11) is 0. The first-order chi connectivity index (χ1) is 13.5. The van der Waals surface area contributed by atoms with E-state index in [1.54, 1.807) is 18.5 Å². The van der Waals surface area contributed by atoms with E-state index in [1.165, 1.54) is 16.8 Å². The molecule has 0 aliphatic carbocycles. The van der Waals surface area contributed by atoms with Crippen LogP contribution < -0.4 is 5.32 Å². The highest BCUT2D eigenvalue weighted by Crippen LogP contribution is 2.23. The second-order valence-corrected chi connectivity index (χ2v) is 7.42. The lowest BCUT2D eigenvalue weighted by Gasteiger charge is -2.21. The number of anilines is 1. The van der Waals surface area contributed by atoms with Crippen molar-refractivity contribution in [2.24, 2.45) is 0 Å². The lowest BCUT2D eigenvalue weighted by molar-refractivity contribution is -0.129. The Balaban J connectivity index is 1.61. The molecule has 0 radical (unpaired) electrons. The molecule has 4 rings (SSSR count). The van der Waals surface area contributed by atoms with Crippen molar-refractivity contribution in [3.05, 3.63) is 48.0 Å². The molecule has 0 saturated carbocycles. The molecule has 1 aromatic carbocycles. The molecule has 1 fully saturated rings. The number of carbonyl (C=O) groups is 1. The molecule has 3 heterocycles. The number of nitrogens with one attached hydrogen (secondary N) is 1. The van der Waals surface area contributed by atoms with Gasteiger partial charge in [0.2, 0.25) is 0 Å². The van der Waals surface area contributed by atoms with Crippen molar-refractivity contribution in [2.45, 2.75) is 45.1 Å². The fourth-order valence-electron chi connectivity index (χ4n) is 3.31. The predicted octanol–water partition coefficient (Wildman–Crippen LogP) is 4.19. The SMILES string of the molecule is CC(C)c1cnc2nn(-c3cc(NC(=O)C4CCCCO4)ccc3F)cc2c1. The first kappa shape index (κ1) is 18.6. The molecule has 3 aromatic rings. The van der Waals surface area contributed by atoms with Crippen LogP contribution in [0, 0.1) is 5.82 Å². The fourth-order valence-corrected chi connectivity index (χ4v) is 3.31. The van der Waals surface area contributed by atoms with Gasteiger partial charge in [0.1, 0.15) is 17.6 Å². The van der Waals surface area contributed by atoms with Crippen LogP contribution in [0.15, 0.2) is 36.7 Å². The Bertz CT molecular complexity index is 1010. The summed E-state index contributed by atoms with van der Waals surface area (Å²) in [6.45, 7) is 4.78. The van der Waals surface area contributed by atoms with Crippen LogP contribution in [-0.2, 0) is 9.53 Å². The van der Waals surface area contributed by atoms with Crippen molar-refractivity contribution in [1.29, 1.82) is 0 Å². The van der Waals surface area contributed by atoms with Gasteiger partial charge in [-0.05, 0) is 55.0 Å². The van der Waals surface area contributed by atoms with Gasteiger partial charge in [0, 0.05) is 30.1 Å². The van der Waals surface area contributed by atoms with Crippen LogP contribution in [-0.4, -0.2) is 33.4 Å². The van der Waals surface area contributed by atoms with Crippen LogP contribution in [0.5, 0.6) is 0 Å². The summed E-state index contributed by atoms with van der Waals surface area (Å²) in [6.07, 6.45) is 5.74. The van der Waals surface area contributed by atoms with Gasteiger partial charge in [-0.3, -0.25) is 4.79 Å². The number of pyridine rings is 1. The number of amides is 1. The zero-order valence-electron chi connectivity index (χ0n) is 16.0. The van der Waals surface area contributed by atoms with Crippen molar-refractivity contribution >= 4 is 22.6 Å². The molecule has 1 amide bonds. The summed E-state index contributed by atoms with van der Waals surface area (Å²) < 4.78 is 21.4. The molecule has 1 N–H and O–H groups in total. The minimum Gasteiger partial charge on any atom is -0.368 e. The number of ether oxygens (including phenoxy) is 1. The number of hydrogen-bond acceptors (Lipinski definition) is 4. The van der Waals surface area contributed by atoms with Crippen molar-refractivity contribution in [2.75, 3.05) is 11.9 Å². The van der Waals surface area contributed by atoms with Crippen molar-refractivity contribution < 1.29 is 13.9 Å². The Morgan fingerprint density at radius 2 is 2.18 bits per heavy atom. The number of fused-ring (bicyclic) bond motifs is 1. The molecule has 7 heteroatoms. The lowest BCUT2D eigenvalue weighted by Crippen LogP contribution is -2.33. The van der Waals surface area contributed by atoms with Crippen molar-refractivity contribution in [1.82, 2.24) is 14.8 Å². The van der Waals surface area contributed by atoms with Gasteiger partial charge < -0.3 is 10.1 Å². The van der Waals surface area contributed by atoms with Crippen LogP contribution >= 0.6 is 0 Å². The number of hydrogen-bond donors (Lipinski definition) is 1. The number of benzene rings is 1. The molecule has 0 spiro atoms. The van der Waals surface area contributed by atoms with Crippen molar-refractivity contribution in [3.8, 4) is 5.69 Å². The van der Waals surface area contributed by atoms with Crippen LogP contribution in [0.3, 0.4) is 0 Å². The minimum atomic E-state index is -0.451. The number of rotatable bonds is 4. The Hall–Kier alpha value is -2.80. The lowest BCUT2D eigenvalue weighted by atomic mass is 10.1. The monoisotopic (exact) mass is 382 g/mol. The number of nitrogens with zero attached hydrogens (tertiary/aromatic N) is 3. The highest BCUT2D eigenvalue weighted by molar-refractivity contribution is 5.94. The van der Waals surface area contributed by atoms with E-state index in [0.717, 1.165) is 23.8 Å². The predicted molar refractivity (Wildman–Crippen MR) is 105 cm³/mol. The molecule has 1 saturated heterocycles. The van der Waals surface area contributed by atoms with E-state index in [1.807, 2.05) is 6.07 Å². The summed E-state index contributed by atoms with van der Waals surface area (Å²) in [5, 5.41) is 8.05. The minimum absolute atomic E-state index is 0.203. The van der Waals surface area contributed by atoms with Crippen LogP contribution in [0.1, 0.15) is 44.6 Å². The van der Waals surface area contributed by atoms with Gasteiger partial charge in [-0.15, -0.1) is 5.10 Å². The Kier molecular flexibility index (Phi) is 5.09. The van der Waals surface area contributed by atoms with E-state index in [2.05, 4.69) is 29.2 Å². The molecular formula is C21H23FN4O2. The third-order valence-corrected chi connectivity index (χ3v) is 4.98. The van der Waals surface area contributed by atoms with Crippen LogP contribution in [0.25, 0.3) is 16.7 Å². The molecule has 1 aliphatic heterocycles. The summed E-state index contributed by atoms with van der Waals surface area (Å²) in [5.74, 6) is -0.285. The normalized spacial score (nSPS) is 17.2. The van der Waals surface area contributed by atoms with E-state index in [9.17, 15) is 9.18 Å². The van der Waals surface area contributed by atoms with Gasteiger partial charge in [0.15, 0.2) is 5.65 Å². The first-order valence-corrected chi connectivity index (χ1v) is 9.59. The average molecular weight is 382 g/mol. The smallest absolute Gasteiger partial charge is 0.253 e. The van der Waals surface area contributed by atoms with Gasteiger partial charge in [0.25, 0.3) is 5.91 Å². The van der Waals surface area contributed by atoms with E-state index in [-0.39, 0.29) is 11.6 Å². The summed E-state index contributed by atoms with van der Waals surface area (Å²) >= 11 is 0. The van der Waals surface area contributed by atoms with Gasteiger partial charge in [-0.2, -0.15) is 0 Å². The molecule has 2 aromatic heterocycles. The Labute approximate surface area is 162 Å². The molecule has 1 unspecified atom stereocenters. The third kappa shape index (κ3) is 3.75. The quantitative estimate of drug-likeness (QED) is 0.735. The average Bonchev–Trinajstić information content (AvgIpc) is 3.13. The van der Waals surface area contributed by atoms with Gasteiger partial charge >= 0.3 is 0 Å². The topological polar surface area (TPSA) is 69.0 Å². The number of carbonyl (C=O) groups excluding carboxylic acids is 1. The first-order valence-electron chi connectivity index (χ1n) is 9.59. The number of halogens is 1. The maximum atomic E-state index is 14.5. The van der Waals surface area contributed by atoms with E-state index in [4.69, 9.17) is 4.74 Å². The molecule has 146 valence electrons. The van der Waals surface area contributed by atoms with Crippen molar-refractivity contribution in [3.63, 3.8) is 0 Å². The fraction of sp³-hybridized carbons (Fsp3) is 0.381.